The molecule has 0 spiro atoms. The Morgan fingerprint density at radius 3 is 2.48 bits per heavy atom. The van der Waals surface area contributed by atoms with Crippen LogP contribution in [0.25, 0.3) is 0 Å². The summed E-state index contributed by atoms with van der Waals surface area (Å²) in [5, 5.41) is 2.49. The maximum absolute atomic E-state index is 13.0. The first-order valence-corrected chi connectivity index (χ1v) is 8.75. The molecule has 1 fully saturated rings. The van der Waals surface area contributed by atoms with Gasteiger partial charge in [0.2, 0.25) is 11.8 Å². The average Bonchev–Trinajstić information content (AvgIpc) is 2.96. The Morgan fingerprint density at radius 1 is 1.26 bits per heavy atom. The highest BCUT2D eigenvalue weighted by molar-refractivity contribution is 5.95. The smallest absolute Gasteiger partial charge is 0.329 e. The van der Waals surface area contributed by atoms with Crippen molar-refractivity contribution in [3.63, 3.8) is 0 Å². The Kier molecular flexibility index (Phi) is 6.92. The van der Waals surface area contributed by atoms with Gasteiger partial charge in [0.15, 0.2) is 0 Å². The van der Waals surface area contributed by atoms with Crippen molar-refractivity contribution in [1.29, 1.82) is 0 Å². The number of rotatable bonds is 7. The third kappa shape index (κ3) is 4.84. The van der Waals surface area contributed by atoms with Crippen molar-refractivity contribution in [3.05, 3.63) is 35.9 Å². The van der Waals surface area contributed by atoms with Crippen LogP contribution in [0.5, 0.6) is 0 Å². The molecular formula is C19H24N2O6. The molecule has 0 bridgehead atoms. The second-order valence-corrected chi connectivity index (χ2v) is 6.26. The fraction of sp³-hybridized carbons (Fsp3) is 0.474. The van der Waals surface area contributed by atoms with E-state index in [9.17, 15) is 19.2 Å². The Bertz CT molecular complexity index is 705. The molecule has 146 valence electrons. The summed E-state index contributed by atoms with van der Waals surface area (Å²) in [4.78, 5) is 50.5. The van der Waals surface area contributed by atoms with E-state index < -0.39 is 41.8 Å². The zero-order valence-electron chi connectivity index (χ0n) is 15.6. The highest BCUT2D eigenvalue weighted by Gasteiger charge is 2.49. The van der Waals surface area contributed by atoms with Gasteiger partial charge in [-0.25, -0.2) is 9.59 Å². The van der Waals surface area contributed by atoms with Crippen LogP contribution >= 0.6 is 0 Å². The molecule has 1 unspecified atom stereocenters. The van der Waals surface area contributed by atoms with E-state index in [1.165, 1.54) is 18.9 Å². The van der Waals surface area contributed by atoms with Gasteiger partial charge in [0.1, 0.15) is 12.1 Å². The Balaban J connectivity index is 2.31. The van der Waals surface area contributed by atoms with E-state index >= 15 is 0 Å². The Labute approximate surface area is 157 Å². The molecule has 1 heterocycles. The number of carbonyl (C=O) groups is 4. The largest absolute Gasteiger partial charge is 0.467 e. The first-order chi connectivity index (χ1) is 12.9. The van der Waals surface area contributed by atoms with E-state index in [2.05, 4.69) is 5.32 Å². The van der Waals surface area contributed by atoms with E-state index in [1.807, 2.05) is 30.3 Å². The minimum absolute atomic E-state index is 0.0576. The summed E-state index contributed by atoms with van der Waals surface area (Å²) in [7, 11) is 1.25. The normalized spacial score (nSPS) is 20.1. The summed E-state index contributed by atoms with van der Waals surface area (Å²) in [6.45, 7) is 3.21. The van der Waals surface area contributed by atoms with Gasteiger partial charge in [0.05, 0.1) is 19.6 Å². The molecule has 1 aliphatic rings. The number of esters is 2. The first-order valence-electron chi connectivity index (χ1n) is 8.75. The van der Waals surface area contributed by atoms with Crippen LogP contribution in [0, 0.1) is 5.92 Å². The summed E-state index contributed by atoms with van der Waals surface area (Å²) in [5.74, 6) is -3.03. The van der Waals surface area contributed by atoms with Crippen molar-refractivity contribution >= 4 is 23.8 Å². The van der Waals surface area contributed by atoms with Gasteiger partial charge in [-0.2, -0.15) is 0 Å². The molecule has 8 heteroatoms. The number of carbonyl (C=O) groups excluding carboxylic acids is 4. The zero-order chi connectivity index (χ0) is 20.0. The van der Waals surface area contributed by atoms with Gasteiger partial charge in [-0.1, -0.05) is 30.3 Å². The van der Waals surface area contributed by atoms with Crippen LogP contribution in [0.2, 0.25) is 0 Å². The maximum atomic E-state index is 13.0. The van der Waals surface area contributed by atoms with E-state index in [0.29, 0.717) is 0 Å². The summed E-state index contributed by atoms with van der Waals surface area (Å²) < 4.78 is 9.83. The summed E-state index contributed by atoms with van der Waals surface area (Å²) in [6.07, 6.45) is 0.0576. The van der Waals surface area contributed by atoms with E-state index in [0.717, 1.165) is 5.56 Å². The van der Waals surface area contributed by atoms with Crippen LogP contribution in [0.4, 0.5) is 0 Å². The van der Waals surface area contributed by atoms with E-state index in [-0.39, 0.29) is 19.6 Å². The number of amides is 2. The first kappa shape index (κ1) is 20.4. The lowest BCUT2D eigenvalue weighted by Gasteiger charge is -2.24. The number of methoxy groups -OCH3 is 1. The number of nitrogens with one attached hydrogen (secondary N) is 1. The molecule has 2 rings (SSSR count). The second kappa shape index (κ2) is 9.16. The lowest BCUT2D eigenvalue weighted by molar-refractivity contribution is -0.152. The van der Waals surface area contributed by atoms with Gasteiger partial charge < -0.3 is 19.7 Å². The molecule has 0 aliphatic carbocycles. The third-order valence-corrected chi connectivity index (χ3v) is 4.42. The molecule has 2 amide bonds. The summed E-state index contributed by atoms with van der Waals surface area (Å²) >= 11 is 0. The van der Waals surface area contributed by atoms with Gasteiger partial charge in [-0.3, -0.25) is 9.59 Å². The fourth-order valence-corrected chi connectivity index (χ4v) is 3.22. The SMILES string of the molecule is CCOC(=O)C(NC(C)=O)[C@@H]1C[C@@H](C(=O)OC)N(Cc2ccccc2)C1=O. The number of hydrogen-bond donors (Lipinski definition) is 1. The zero-order valence-corrected chi connectivity index (χ0v) is 15.6. The number of likely N-dealkylation sites (tertiary alicyclic amines) is 1. The van der Waals surface area contributed by atoms with Crippen LogP contribution in [0.1, 0.15) is 25.8 Å². The van der Waals surface area contributed by atoms with Crippen LogP contribution in [-0.4, -0.2) is 54.5 Å². The number of nitrogens with zero attached hydrogens (tertiary/aromatic N) is 1. The molecule has 3 atom stereocenters. The molecule has 1 aromatic rings. The van der Waals surface area contributed by atoms with Crippen molar-refractivity contribution in [2.75, 3.05) is 13.7 Å². The lowest BCUT2D eigenvalue weighted by atomic mass is 9.95. The molecule has 1 aromatic carbocycles. The van der Waals surface area contributed by atoms with Crippen molar-refractivity contribution in [2.24, 2.45) is 5.92 Å². The second-order valence-electron chi connectivity index (χ2n) is 6.26. The van der Waals surface area contributed by atoms with Crippen molar-refractivity contribution in [1.82, 2.24) is 10.2 Å². The Hall–Kier alpha value is -2.90. The monoisotopic (exact) mass is 376 g/mol. The Morgan fingerprint density at radius 2 is 1.93 bits per heavy atom. The molecule has 0 aromatic heterocycles. The average molecular weight is 376 g/mol. The maximum Gasteiger partial charge on any atom is 0.329 e. The minimum Gasteiger partial charge on any atom is -0.467 e. The van der Waals surface area contributed by atoms with E-state index in [4.69, 9.17) is 9.47 Å². The highest BCUT2D eigenvalue weighted by atomic mass is 16.5. The topological polar surface area (TPSA) is 102 Å². The summed E-state index contributed by atoms with van der Waals surface area (Å²) in [5.41, 5.74) is 0.840. The highest BCUT2D eigenvalue weighted by Crippen LogP contribution is 2.30. The number of ether oxygens (including phenoxy) is 2. The predicted octanol–water partition coefficient (Wildman–Crippen LogP) is 0.644. The quantitative estimate of drug-likeness (QED) is 0.701. The third-order valence-electron chi connectivity index (χ3n) is 4.42. The van der Waals surface area contributed by atoms with Crippen LogP contribution in [0.3, 0.4) is 0 Å². The van der Waals surface area contributed by atoms with Crippen LogP contribution in [0.15, 0.2) is 30.3 Å². The van der Waals surface area contributed by atoms with Gasteiger partial charge in [0, 0.05) is 13.5 Å². The standard InChI is InChI=1S/C19H24N2O6/c1-4-27-19(25)16(20-12(2)22)14-10-15(18(24)26-3)21(17(14)23)11-13-8-6-5-7-9-13/h5-9,14-16H,4,10-11H2,1-3H3,(H,20,22)/t14-,15-,16?/m0/s1. The molecule has 0 saturated carbocycles. The van der Waals surface area contributed by atoms with Gasteiger partial charge in [0.25, 0.3) is 0 Å². The minimum atomic E-state index is -1.15. The van der Waals surface area contributed by atoms with Gasteiger partial charge >= 0.3 is 11.9 Å². The predicted molar refractivity (Wildman–Crippen MR) is 95.1 cm³/mol. The molecule has 8 nitrogen and oxygen atoms in total. The van der Waals surface area contributed by atoms with Crippen LogP contribution < -0.4 is 5.32 Å². The molecule has 1 saturated heterocycles. The number of benzene rings is 1. The molecule has 27 heavy (non-hydrogen) atoms. The number of hydrogen-bond acceptors (Lipinski definition) is 6. The van der Waals surface area contributed by atoms with Gasteiger partial charge in [-0.15, -0.1) is 0 Å². The lowest BCUT2D eigenvalue weighted by Crippen LogP contribution is -2.48. The van der Waals surface area contributed by atoms with E-state index in [1.54, 1.807) is 6.92 Å². The molecule has 1 aliphatic heterocycles. The molecular weight excluding hydrogens is 352 g/mol. The van der Waals surface area contributed by atoms with Gasteiger partial charge in [-0.05, 0) is 18.9 Å². The van der Waals surface area contributed by atoms with Crippen molar-refractivity contribution in [3.8, 4) is 0 Å². The fourth-order valence-electron chi connectivity index (χ4n) is 3.22. The van der Waals surface area contributed by atoms with Crippen LogP contribution in [-0.2, 0) is 35.2 Å². The summed E-state index contributed by atoms with van der Waals surface area (Å²) in [6, 6.07) is 7.21. The van der Waals surface area contributed by atoms with Crippen molar-refractivity contribution in [2.45, 2.75) is 38.9 Å². The van der Waals surface area contributed by atoms with Crippen molar-refractivity contribution < 1.29 is 28.7 Å². The molecule has 1 N–H and O–H groups in total. The molecule has 0 radical (unpaired) electrons.